The third-order valence-corrected chi connectivity index (χ3v) is 4.59. The van der Waals surface area contributed by atoms with Crippen molar-refractivity contribution in [1.29, 1.82) is 0 Å². The minimum atomic E-state index is 0.482. The van der Waals surface area contributed by atoms with Crippen LogP contribution in [0, 0.1) is 16.7 Å². The first kappa shape index (κ1) is 13.8. The van der Waals surface area contributed by atoms with Crippen LogP contribution in [0.1, 0.15) is 73.1 Å². The van der Waals surface area contributed by atoms with Gasteiger partial charge < -0.3 is 0 Å². The summed E-state index contributed by atoms with van der Waals surface area (Å²) in [5.41, 5.74) is 2.43. The Morgan fingerprint density at radius 3 is 2.44 bits per heavy atom. The van der Waals surface area contributed by atoms with Crippen molar-refractivity contribution >= 4 is 0 Å². The first-order chi connectivity index (χ1) is 7.29. The molecule has 2 unspecified atom stereocenters. The standard InChI is InChI=1S/C16H30/c1-7-16(11-13(2)3)10-8-9-14(12-16)15(4,5)6/h14H,2,7-12H2,1,3-6H3. The highest BCUT2D eigenvalue weighted by Gasteiger charge is 2.38. The Bertz CT molecular complexity index is 243. The summed E-state index contributed by atoms with van der Waals surface area (Å²) in [4.78, 5) is 0. The molecule has 0 aromatic rings. The van der Waals surface area contributed by atoms with Crippen LogP contribution >= 0.6 is 0 Å². The molecule has 0 aromatic carbocycles. The summed E-state index contributed by atoms with van der Waals surface area (Å²) < 4.78 is 0. The fourth-order valence-corrected chi connectivity index (χ4v) is 3.44. The van der Waals surface area contributed by atoms with E-state index in [-0.39, 0.29) is 0 Å². The first-order valence-corrected chi connectivity index (χ1v) is 6.93. The summed E-state index contributed by atoms with van der Waals surface area (Å²) in [5.74, 6) is 0.903. The smallest absolute Gasteiger partial charge is 0.0260 e. The number of hydrogen-bond donors (Lipinski definition) is 0. The van der Waals surface area contributed by atoms with E-state index in [9.17, 15) is 0 Å². The molecule has 0 spiro atoms. The van der Waals surface area contributed by atoms with Crippen LogP contribution in [0.25, 0.3) is 0 Å². The summed E-state index contributed by atoms with van der Waals surface area (Å²) in [6, 6.07) is 0. The summed E-state index contributed by atoms with van der Waals surface area (Å²) in [6.07, 6.45) is 8.26. The molecule has 0 heteroatoms. The van der Waals surface area contributed by atoms with Gasteiger partial charge in [-0.1, -0.05) is 46.1 Å². The maximum absolute atomic E-state index is 4.13. The van der Waals surface area contributed by atoms with Gasteiger partial charge in [-0.05, 0) is 49.4 Å². The summed E-state index contributed by atoms with van der Waals surface area (Å²) >= 11 is 0. The zero-order valence-corrected chi connectivity index (χ0v) is 12.0. The molecule has 1 rings (SSSR count). The van der Waals surface area contributed by atoms with E-state index in [0.717, 1.165) is 5.92 Å². The predicted octanol–water partition coefficient (Wildman–Crippen LogP) is 5.59. The van der Waals surface area contributed by atoms with Crippen LogP contribution in [0.5, 0.6) is 0 Å². The molecule has 0 radical (unpaired) electrons. The molecular weight excluding hydrogens is 192 g/mol. The van der Waals surface area contributed by atoms with E-state index < -0.39 is 0 Å². The third-order valence-electron chi connectivity index (χ3n) is 4.59. The average molecular weight is 222 g/mol. The molecule has 94 valence electrons. The van der Waals surface area contributed by atoms with Crippen molar-refractivity contribution in [2.24, 2.45) is 16.7 Å². The Morgan fingerprint density at radius 2 is 2.00 bits per heavy atom. The summed E-state index contributed by atoms with van der Waals surface area (Å²) in [7, 11) is 0. The Kier molecular flexibility index (Phi) is 4.26. The van der Waals surface area contributed by atoms with Gasteiger partial charge in [-0.2, -0.15) is 0 Å². The fourth-order valence-electron chi connectivity index (χ4n) is 3.44. The molecule has 1 saturated carbocycles. The number of rotatable bonds is 3. The average Bonchev–Trinajstić information content (AvgIpc) is 2.16. The van der Waals surface area contributed by atoms with Gasteiger partial charge in [0.15, 0.2) is 0 Å². The lowest BCUT2D eigenvalue weighted by Crippen LogP contribution is -2.34. The van der Waals surface area contributed by atoms with Gasteiger partial charge >= 0.3 is 0 Å². The second-order valence-corrected chi connectivity index (χ2v) is 7.15. The zero-order valence-electron chi connectivity index (χ0n) is 12.0. The monoisotopic (exact) mass is 222 g/mol. The van der Waals surface area contributed by atoms with E-state index >= 15 is 0 Å². The van der Waals surface area contributed by atoms with Gasteiger partial charge in [-0.15, -0.1) is 6.58 Å². The van der Waals surface area contributed by atoms with Crippen LogP contribution in [0.15, 0.2) is 12.2 Å². The molecule has 16 heavy (non-hydrogen) atoms. The SMILES string of the molecule is C=C(C)CC1(CC)CCCC(C(C)(C)C)C1. The molecule has 0 saturated heterocycles. The predicted molar refractivity (Wildman–Crippen MR) is 73.6 cm³/mol. The van der Waals surface area contributed by atoms with Gasteiger partial charge in [0.05, 0.1) is 0 Å². The van der Waals surface area contributed by atoms with Gasteiger partial charge in [0.25, 0.3) is 0 Å². The van der Waals surface area contributed by atoms with Gasteiger partial charge in [0.1, 0.15) is 0 Å². The Balaban J connectivity index is 2.76. The normalized spacial score (nSPS) is 31.4. The van der Waals surface area contributed by atoms with Crippen molar-refractivity contribution in [3.8, 4) is 0 Å². The van der Waals surface area contributed by atoms with Crippen molar-refractivity contribution < 1.29 is 0 Å². The Labute approximate surface area is 103 Å². The van der Waals surface area contributed by atoms with Crippen molar-refractivity contribution in [3.63, 3.8) is 0 Å². The molecule has 0 aliphatic heterocycles. The lowest BCUT2D eigenvalue weighted by atomic mass is 9.60. The molecular formula is C16H30. The van der Waals surface area contributed by atoms with Gasteiger partial charge in [-0.25, -0.2) is 0 Å². The topological polar surface area (TPSA) is 0 Å². The van der Waals surface area contributed by atoms with E-state index in [0.29, 0.717) is 10.8 Å². The van der Waals surface area contributed by atoms with Crippen LogP contribution in [-0.2, 0) is 0 Å². The number of allylic oxidation sites excluding steroid dienone is 1. The number of hydrogen-bond acceptors (Lipinski definition) is 0. The molecule has 0 nitrogen and oxygen atoms in total. The molecule has 0 amide bonds. The summed E-state index contributed by atoms with van der Waals surface area (Å²) in [5, 5.41) is 0. The zero-order chi connectivity index (χ0) is 12.4. The minimum Gasteiger partial charge on any atom is -0.100 e. The largest absolute Gasteiger partial charge is 0.100 e. The quantitative estimate of drug-likeness (QED) is 0.546. The second kappa shape index (κ2) is 4.94. The molecule has 0 N–H and O–H groups in total. The highest BCUT2D eigenvalue weighted by Crippen LogP contribution is 2.50. The van der Waals surface area contributed by atoms with E-state index in [1.165, 1.54) is 44.1 Å². The van der Waals surface area contributed by atoms with Crippen molar-refractivity contribution in [3.05, 3.63) is 12.2 Å². The Hall–Kier alpha value is -0.260. The van der Waals surface area contributed by atoms with Crippen LogP contribution in [-0.4, -0.2) is 0 Å². The maximum atomic E-state index is 4.13. The van der Waals surface area contributed by atoms with Crippen molar-refractivity contribution in [1.82, 2.24) is 0 Å². The molecule has 1 fully saturated rings. The fraction of sp³-hybridized carbons (Fsp3) is 0.875. The van der Waals surface area contributed by atoms with E-state index in [1.54, 1.807) is 0 Å². The minimum absolute atomic E-state index is 0.482. The van der Waals surface area contributed by atoms with E-state index in [1.807, 2.05) is 0 Å². The first-order valence-electron chi connectivity index (χ1n) is 6.93. The van der Waals surface area contributed by atoms with Crippen LogP contribution in [0.2, 0.25) is 0 Å². The molecule has 1 aliphatic rings. The van der Waals surface area contributed by atoms with E-state index in [4.69, 9.17) is 0 Å². The third kappa shape index (κ3) is 3.37. The second-order valence-electron chi connectivity index (χ2n) is 7.15. The van der Waals surface area contributed by atoms with E-state index in [2.05, 4.69) is 41.2 Å². The van der Waals surface area contributed by atoms with Gasteiger partial charge in [0.2, 0.25) is 0 Å². The molecule has 0 heterocycles. The summed E-state index contributed by atoms with van der Waals surface area (Å²) in [6.45, 7) is 15.9. The van der Waals surface area contributed by atoms with Gasteiger partial charge in [0, 0.05) is 0 Å². The van der Waals surface area contributed by atoms with Crippen LogP contribution in [0.4, 0.5) is 0 Å². The highest BCUT2D eigenvalue weighted by atomic mass is 14.4. The lowest BCUT2D eigenvalue weighted by molar-refractivity contribution is 0.0673. The van der Waals surface area contributed by atoms with Crippen molar-refractivity contribution in [2.45, 2.75) is 73.1 Å². The lowest BCUT2D eigenvalue weighted by Gasteiger charge is -2.45. The maximum Gasteiger partial charge on any atom is -0.0260 e. The molecule has 1 aliphatic carbocycles. The van der Waals surface area contributed by atoms with Gasteiger partial charge in [-0.3, -0.25) is 0 Å². The highest BCUT2D eigenvalue weighted by molar-refractivity contribution is 5.00. The molecule has 2 atom stereocenters. The molecule has 0 bridgehead atoms. The van der Waals surface area contributed by atoms with Crippen molar-refractivity contribution in [2.75, 3.05) is 0 Å². The molecule has 0 aromatic heterocycles. The Morgan fingerprint density at radius 1 is 1.38 bits per heavy atom. The van der Waals surface area contributed by atoms with Crippen LogP contribution < -0.4 is 0 Å². The van der Waals surface area contributed by atoms with Crippen LogP contribution in [0.3, 0.4) is 0 Å².